The average Bonchev–Trinajstić information content (AvgIpc) is 3.34. The molecule has 2 amide bonds. The first-order chi connectivity index (χ1) is 15.5. The first kappa shape index (κ1) is 21.6. The maximum atomic E-state index is 12.2. The van der Waals surface area contributed by atoms with E-state index in [0.29, 0.717) is 0 Å². The summed E-state index contributed by atoms with van der Waals surface area (Å²) < 4.78 is 5.42. The minimum atomic E-state index is -1.15. The van der Waals surface area contributed by atoms with E-state index >= 15 is 0 Å². The van der Waals surface area contributed by atoms with Crippen LogP contribution in [0, 0.1) is 0 Å². The SMILES string of the molecule is O=C(NC/C=C/C(=O)N1CC(O)CC1C(=O)O)OCC1c2ccccc2-c2ccccc21. The molecule has 1 fully saturated rings. The number of benzene rings is 2. The summed E-state index contributed by atoms with van der Waals surface area (Å²) in [6.07, 6.45) is 1.16. The second-order valence-electron chi connectivity index (χ2n) is 7.84. The molecule has 8 heteroatoms. The number of aliphatic hydroxyl groups excluding tert-OH is 1. The number of nitrogens with one attached hydrogen (secondary N) is 1. The van der Waals surface area contributed by atoms with Gasteiger partial charge in [0.1, 0.15) is 12.6 Å². The highest BCUT2D eigenvalue weighted by molar-refractivity contribution is 5.91. The fraction of sp³-hybridized carbons (Fsp3) is 0.292. The fourth-order valence-electron chi connectivity index (χ4n) is 4.34. The van der Waals surface area contributed by atoms with Crippen LogP contribution in [0.3, 0.4) is 0 Å². The molecule has 4 rings (SSSR count). The van der Waals surface area contributed by atoms with Crippen LogP contribution in [-0.2, 0) is 14.3 Å². The van der Waals surface area contributed by atoms with Crippen molar-refractivity contribution in [2.45, 2.75) is 24.5 Å². The van der Waals surface area contributed by atoms with Gasteiger partial charge >= 0.3 is 12.1 Å². The van der Waals surface area contributed by atoms with Gasteiger partial charge in [0.15, 0.2) is 0 Å². The number of hydrogen-bond acceptors (Lipinski definition) is 5. The standard InChI is InChI=1S/C24H24N2O6/c27-15-12-21(23(29)30)26(13-15)22(28)10-5-11-25-24(31)32-14-20-18-8-3-1-6-16(18)17-7-2-4-9-19(17)20/h1-10,15,20-21,27H,11-14H2,(H,25,31)(H,29,30)/b10-5+. The number of carbonyl (C=O) groups is 3. The van der Waals surface area contributed by atoms with Crippen molar-refractivity contribution in [1.82, 2.24) is 10.2 Å². The largest absolute Gasteiger partial charge is 0.480 e. The van der Waals surface area contributed by atoms with Crippen LogP contribution in [0.25, 0.3) is 11.1 Å². The summed E-state index contributed by atoms with van der Waals surface area (Å²) in [5.74, 6) is -1.72. The van der Waals surface area contributed by atoms with Gasteiger partial charge in [-0.3, -0.25) is 4.79 Å². The number of carboxylic acid groups (broad SMARTS) is 1. The average molecular weight is 436 g/mol. The molecule has 1 aliphatic heterocycles. The predicted octanol–water partition coefficient (Wildman–Crippen LogP) is 2.13. The van der Waals surface area contributed by atoms with Crippen molar-refractivity contribution in [2.75, 3.05) is 19.7 Å². The summed E-state index contributed by atoms with van der Waals surface area (Å²) in [5, 5.41) is 21.4. The van der Waals surface area contributed by atoms with Gasteiger partial charge in [-0.05, 0) is 22.3 Å². The Labute approximate surface area is 185 Å². The number of fused-ring (bicyclic) bond motifs is 3. The first-order valence-corrected chi connectivity index (χ1v) is 10.4. The molecule has 0 aromatic heterocycles. The van der Waals surface area contributed by atoms with E-state index in [1.165, 1.54) is 12.2 Å². The number of alkyl carbamates (subject to hydrolysis) is 1. The number of nitrogens with zero attached hydrogens (tertiary/aromatic N) is 1. The topological polar surface area (TPSA) is 116 Å². The van der Waals surface area contributed by atoms with Gasteiger partial charge in [0.2, 0.25) is 5.91 Å². The number of aliphatic hydroxyl groups is 1. The summed E-state index contributed by atoms with van der Waals surface area (Å²) in [7, 11) is 0. The Kier molecular flexibility index (Phi) is 6.23. The lowest BCUT2D eigenvalue weighted by Gasteiger charge is -2.19. The highest BCUT2D eigenvalue weighted by Gasteiger charge is 2.38. The number of carbonyl (C=O) groups excluding carboxylic acids is 2. The molecule has 2 aliphatic rings. The van der Waals surface area contributed by atoms with E-state index in [1.807, 2.05) is 36.4 Å². The van der Waals surface area contributed by atoms with Crippen molar-refractivity contribution in [3.05, 3.63) is 71.8 Å². The lowest BCUT2D eigenvalue weighted by molar-refractivity contribution is -0.146. The third kappa shape index (κ3) is 4.36. The Balaban J connectivity index is 1.28. The highest BCUT2D eigenvalue weighted by Crippen LogP contribution is 2.44. The third-order valence-electron chi connectivity index (χ3n) is 5.82. The molecule has 0 saturated carbocycles. The Morgan fingerprint density at radius 3 is 2.31 bits per heavy atom. The van der Waals surface area contributed by atoms with Gasteiger partial charge in [-0.1, -0.05) is 54.6 Å². The molecule has 2 unspecified atom stereocenters. The van der Waals surface area contributed by atoms with Gasteiger partial charge in [0, 0.05) is 31.5 Å². The van der Waals surface area contributed by atoms with Crippen LogP contribution >= 0.6 is 0 Å². The van der Waals surface area contributed by atoms with E-state index in [2.05, 4.69) is 17.4 Å². The van der Waals surface area contributed by atoms with Crippen LogP contribution in [0.1, 0.15) is 23.5 Å². The molecule has 8 nitrogen and oxygen atoms in total. The van der Waals surface area contributed by atoms with Gasteiger partial charge in [0.05, 0.1) is 6.10 Å². The van der Waals surface area contributed by atoms with Gasteiger partial charge in [-0.2, -0.15) is 0 Å². The lowest BCUT2D eigenvalue weighted by atomic mass is 9.98. The normalized spacial score (nSPS) is 19.6. The summed E-state index contributed by atoms with van der Waals surface area (Å²) in [6, 6.07) is 15.1. The molecule has 0 bridgehead atoms. The van der Waals surface area contributed by atoms with Crippen LogP contribution in [0.15, 0.2) is 60.7 Å². The minimum Gasteiger partial charge on any atom is -0.480 e. The molecular formula is C24H24N2O6. The summed E-state index contributed by atoms with van der Waals surface area (Å²) in [5.41, 5.74) is 4.52. The Bertz CT molecular complexity index is 1020. The van der Waals surface area contributed by atoms with Crippen molar-refractivity contribution in [2.24, 2.45) is 0 Å². The molecule has 0 spiro atoms. The second-order valence-corrected chi connectivity index (χ2v) is 7.84. The molecule has 2 atom stereocenters. The van der Waals surface area contributed by atoms with E-state index in [9.17, 15) is 19.5 Å². The van der Waals surface area contributed by atoms with Gasteiger partial charge in [0.25, 0.3) is 0 Å². The quantitative estimate of drug-likeness (QED) is 0.598. The third-order valence-corrected chi connectivity index (χ3v) is 5.82. The number of rotatable bonds is 6. The van der Waals surface area contributed by atoms with Gasteiger partial charge < -0.3 is 25.2 Å². The van der Waals surface area contributed by atoms with Crippen molar-refractivity contribution >= 4 is 18.0 Å². The molecule has 3 N–H and O–H groups in total. The molecule has 0 radical (unpaired) electrons. The molecule has 166 valence electrons. The van der Waals surface area contributed by atoms with Crippen LogP contribution in [-0.4, -0.2) is 64.9 Å². The Hall–Kier alpha value is -3.65. The van der Waals surface area contributed by atoms with E-state index in [0.717, 1.165) is 27.2 Å². The fourth-order valence-corrected chi connectivity index (χ4v) is 4.34. The molecule has 32 heavy (non-hydrogen) atoms. The van der Waals surface area contributed by atoms with Crippen molar-refractivity contribution < 1.29 is 29.3 Å². The zero-order valence-corrected chi connectivity index (χ0v) is 17.3. The highest BCUT2D eigenvalue weighted by atomic mass is 16.5. The molecule has 1 aliphatic carbocycles. The van der Waals surface area contributed by atoms with Crippen LogP contribution in [0.2, 0.25) is 0 Å². The zero-order valence-electron chi connectivity index (χ0n) is 17.3. The Morgan fingerprint density at radius 1 is 1.06 bits per heavy atom. The van der Waals surface area contributed by atoms with Crippen LogP contribution in [0.5, 0.6) is 0 Å². The smallest absolute Gasteiger partial charge is 0.407 e. The van der Waals surface area contributed by atoms with Crippen molar-refractivity contribution in [3.8, 4) is 11.1 Å². The van der Waals surface area contributed by atoms with E-state index in [1.54, 1.807) is 0 Å². The molecule has 1 saturated heterocycles. The van der Waals surface area contributed by atoms with Crippen molar-refractivity contribution in [3.63, 3.8) is 0 Å². The molecular weight excluding hydrogens is 412 g/mol. The van der Waals surface area contributed by atoms with E-state index in [4.69, 9.17) is 9.84 Å². The van der Waals surface area contributed by atoms with E-state index < -0.39 is 30.1 Å². The zero-order chi connectivity index (χ0) is 22.7. The summed E-state index contributed by atoms with van der Waals surface area (Å²) >= 11 is 0. The monoisotopic (exact) mass is 436 g/mol. The minimum absolute atomic E-state index is 0.00686. The number of β-amino-alcohol motifs (C(OH)–C–C–N with tert-alkyl or cyclic N) is 1. The molecule has 2 aromatic carbocycles. The molecule has 1 heterocycles. The van der Waals surface area contributed by atoms with Crippen molar-refractivity contribution in [1.29, 1.82) is 0 Å². The van der Waals surface area contributed by atoms with Gasteiger partial charge in [-0.15, -0.1) is 0 Å². The van der Waals surface area contributed by atoms with Crippen LogP contribution < -0.4 is 5.32 Å². The molecule has 2 aromatic rings. The summed E-state index contributed by atoms with van der Waals surface area (Å²) in [6.45, 7) is 0.213. The number of likely N-dealkylation sites (tertiary alicyclic amines) is 1. The number of carboxylic acids is 1. The number of hydrogen-bond donors (Lipinski definition) is 3. The first-order valence-electron chi connectivity index (χ1n) is 10.4. The second kappa shape index (κ2) is 9.23. The maximum absolute atomic E-state index is 12.2. The Morgan fingerprint density at radius 2 is 1.69 bits per heavy atom. The lowest BCUT2D eigenvalue weighted by Crippen LogP contribution is -2.39. The van der Waals surface area contributed by atoms with Gasteiger partial charge in [-0.25, -0.2) is 9.59 Å². The van der Waals surface area contributed by atoms with E-state index in [-0.39, 0.29) is 32.0 Å². The number of aliphatic carboxylic acids is 1. The summed E-state index contributed by atoms with van der Waals surface area (Å²) in [4.78, 5) is 36.7. The maximum Gasteiger partial charge on any atom is 0.407 e. The van der Waals surface area contributed by atoms with Crippen LogP contribution in [0.4, 0.5) is 4.79 Å². The predicted molar refractivity (Wildman–Crippen MR) is 116 cm³/mol. The number of ether oxygens (including phenoxy) is 1. The number of amides is 2.